The number of hydrogen-bond acceptors (Lipinski definition) is 3. The van der Waals surface area contributed by atoms with Crippen molar-refractivity contribution >= 4 is 10.1 Å². The zero-order chi connectivity index (χ0) is 22.3. The Hall–Kier alpha value is -2.10. The third kappa shape index (κ3) is 4.48. The summed E-state index contributed by atoms with van der Waals surface area (Å²) in [6, 6.07) is 0.961. The van der Waals surface area contributed by atoms with Crippen LogP contribution in [0.25, 0.3) is 0 Å². The first kappa shape index (κ1) is 23.9. The molecule has 0 bridgehead atoms. The lowest BCUT2D eigenvalue weighted by Crippen LogP contribution is -2.57. The summed E-state index contributed by atoms with van der Waals surface area (Å²) in [6.45, 7) is 0. The van der Waals surface area contributed by atoms with E-state index in [0.717, 1.165) is 0 Å². The van der Waals surface area contributed by atoms with E-state index < -0.39 is 56.5 Å². The van der Waals surface area contributed by atoms with Gasteiger partial charge in [-0.1, -0.05) is 0 Å². The van der Waals surface area contributed by atoms with Gasteiger partial charge in [-0.2, -0.15) is 52.3 Å². The van der Waals surface area contributed by atoms with Gasteiger partial charge in [0.2, 0.25) is 11.7 Å². The number of halogens is 11. The highest BCUT2D eigenvalue weighted by Crippen LogP contribution is 2.52. The van der Waals surface area contributed by atoms with Crippen LogP contribution >= 0.6 is 0 Å². The Bertz CT molecular complexity index is 857. The van der Waals surface area contributed by atoms with Crippen molar-refractivity contribution in [2.75, 3.05) is 0 Å². The van der Waals surface area contributed by atoms with Gasteiger partial charge in [-0.25, -0.2) is 4.39 Å². The van der Waals surface area contributed by atoms with Crippen LogP contribution in [0, 0.1) is 0 Å². The SMILES string of the molecule is O=S(=O)(O)c1ccc(OC(F)(F)C(F)(F)C(F)(F)/C(F)=C(\F)C(F)(F)F)cc1. The molecule has 0 aliphatic rings. The summed E-state index contributed by atoms with van der Waals surface area (Å²) in [5.41, 5.74) is 0. The van der Waals surface area contributed by atoms with Crippen molar-refractivity contribution in [1.29, 1.82) is 0 Å². The van der Waals surface area contributed by atoms with E-state index in [9.17, 15) is 56.7 Å². The van der Waals surface area contributed by atoms with Crippen LogP contribution in [-0.4, -0.2) is 37.1 Å². The summed E-state index contributed by atoms with van der Waals surface area (Å²) in [7, 11) is -4.86. The molecule has 0 fully saturated rings. The molecular weight excluding hydrogens is 449 g/mol. The van der Waals surface area contributed by atoms with Gasteiger partial charge in [0.25, 0.3) is 10.1 Å². The molecule has 0 aliphatic heterocycles. The second kappa shape index (κ2) is 7.06. The van der Waals surface area contributed by atoms with Gasteiger partial charge in [0.15, 0.2) is 0 Å². The summed E-state index contributed by atoms with van der Waals surface area (Å²) in [4.78, 5) is -0.957. The number of rotatable bonds is 6. The van der Waals surface area contributed by atoms with Crippen LogP contribution in [0.5, 0.6) is 5.75 Å². The Morgan fingerprint density at radius 3 is 1.61 bits per heavy atom. The molecule has 1 aromatic rings. The highest BCUT2D eigenvalue weighted by molar-refractivity contribution is 7.85. The quantitative estimate of drug-likeness (QED) is 0.492. The smallest absolute Gasteiger partial charge is 0.428 e. The van der Waals surface area contributed by atoms with Crippen molar-refractivity contribution in [2.24, 2.45) is 0 Å². The third-order valence-corrected chi connectivity index (χ3v) is 3.71. The number of hydrogen-bond donors (Lipinski definition) is 1. The number of ether oxygens (including phenoxy) is 1. The van der Waals surface area contributed by atoms with Crippen molar-refractivity contribution in [3.63, 3.8) is 0 Å². The fourth-order valence-electron chi connectivity index (χ4n) is 1.47. The van der Waals surface area contributed by atoms with Crippen LogP contribution in [0.4, 0.5) is 48.3 Å². The fraction of sp³-hybridized carbons (Fsp3) is 0.333. The first-order valence-corrected chi connectivity index (χ1v) is 7.72. The third-order valence-electron chi connectivity index (χ3n) is 2.84. The zero-order valence-corrected chi connectivity index (χ0v) is 13.4. The van der Waals surface area contributed by atoms with Crippen molar-refractivity contribution in [1.82, 2.24) is 0 Å². The molecule has 0 unspecified atom stereocenters. The minimum atomic E-state index is -7.03. The van der Waals surface area contributed by atoms with Gasteiger partial charge in [-0.15, -0.1) is 0 Å². The zero-order valence-electron chi connectivity index (χ0n) is 12.5. The summed E-state index contributed by atoms with van der Waals surface area (Å²) in [6.07, 6.45) is -12.9. The van der Waals surface area contributed by atoms with Crippen LogP contribution < -0.4 is 4.74 Å². The Labute approximate surface area is 147 Å². The molecule has 1 N–H and O–H groups in total. The molecule has 28 heavy (non-hydrogen) atoms. The summed E-state index contributed by atoms with van der Waals surface area (Å²) >= 11 is 0. The number of benzene rings is 1. The molecule has 1 rings (SSSR count). The van der Waals surface area contributed by atoms with E-state index in [-0.39, 0.29) is 12.1 Å². The van der Waals surface area contributed by atoms with Gasteiger partial charge in [-0.05, 0) is 24.3 Å². The van der Waals surface area contributed by atoms with E-state index in [0.29, 0.717) is 12.1 Å². The van der Waals surface area contributed by atoms with Gasteiger partial charge >= 0.3 is 24.1 Å². The minimum Gasteiger partial charge on any atom is -0.428 e. The molecule has 0 radical (unpaired) electrons. The summed E-state index contributed by atoms with van der Waals surface area (Å²) in [5, 5.41) is 0. The monoisotopic (exact) mass is 454 g/mol. The molecule has 4 nitrogen and oxygen atoms in total. The van der Waals surface area contributed by atoms with Gasteiger partial charge in [0, 0.05) is 0 Å². The van der Waals surface area contributed by atoms with E-state index >= 15 is 0 Å². The normalized spacial score (nSPS) is 15.3. The molecule has 0 atom stereocenters. The predicted molar refractivity (Wildman–Crippen MR) is 67.0 cm³/mol. The highest BCUT2D eigenvalue weighted by Gasteiger charge is 2.77. The lowest BCUT2D eigenvalue weighted by atomic mass is 10.1. The predicted octanol–water partition coefficient (Wildman–Crippen LogP) is 4.89. The van der Waals surface area contributed by atoms with E-state index in [2.05, 4.69) is 4.74 Å². The lowest BCUT2D eigenvalue weighted by Gasteiger charge is -2.31. The molecule has 0 saturated carbocycles. The molecule has 0 aliphatic carbocycles. The van der Waals surface area contributed by atoms with Gasteiger partial charge in [0.05, 0.1) is 4.90 Å². The fourth-order valence-corrected chi connectivity index (χ4v) is 1.95. The first-order valence-electron chi connectivity index (χ1n) is 6.28. The second-order valence-electron chi connectivity index (χ2n) is 4.84. The Morgan fingerprint density at radius 1 is 0.821 bits per heavy atom. The largest absolute Gasteiger partial charge is 0.471 e. The minimum absolute atomic E-state index is 0.174. The van der Waals surface area contributed by atoms with E-state index in [1.54, 1.807) is 0 Å². The van der Waals surface area contributed by atoms with Crippen molar-refractivity contribution < 1.29 is 66.0 Å². The Morgan fingerprint density at radius 2 is 1.25 bits per heavy atom. The maximum Gasteiger partial charge on any atom is 0.471 e. The number of allylic oxidation sites excluding steroid dienone is 2. The van der Waals surface area contributed by atoms with Crippen molar-refractivity contribution in [3.8, 4) is 5.75 Å². The topological polar surface area (TPSA) is 63.6 Å². The molecule has 1 aromatic carbocycles. The Balaban J connectivity index is 3.30. The summed E-state index contributed by atoms with van der Waals surface area (Å²) < 4.78 is 174. The number of alkyl halides is 9. The van der Waals surface area contributed by atoms with E-state index in [4.69, 9.17) is 4.55 Å². The molecule has 160 valence electrons. The van der Waals surface area contributed by atoms with E-state index in [1.165, 1.54) is 0 Å². The molecule has 0 saturated heterocycles. The average Bonchev–Trinajstić information content (AvgIpc) is 2.51. The van der Waals surface area contributed by atoms with Gasteiger partial charge < -0.3 is 4.74 Å². The van der Waals surface area contributed by atoms with Crippen LogP contribution in [0.15, 0.2) is 40.8 Å². The molecule has 0 aromatic heterocycles. The summed E-state index contributed by atoms with van der Waals surface area (Å²) in [5.74, 6) is -24.3. The van der Waals surface area contributed by atoms with Gasteiger partial charge in [0.1, 0.15) is 5.75 Å². The first-order chi connectivity index (χ1) is 12.2. The molecule has 16 heteroatoms. The Kier molecular flexibility index (Phi) is 6.03. The molecule has 0 spiro atoms. The van der Waals surface area contributed by atoms with Gasteiger partial charge in [-0.3, -0.25) is 4.55 Å². The molecular formula is C12H5F11O4S. The second-order valence-corrected chi connectivity index (χ2v) is 6.26. The maximum atomic E-state index is 13.4. The highest BCUT2D eigenvalue weighted by atomic mass is 32.2. The van der Waals surface area contributed by atoms with Crippen molar-refractivity contribution in [2.45, 2.75) is 29.0 Å². The van der Waals surface area contributed by atoms with Crippen molar-refractivity contribution in [3.05, 3.63) is 35.9 Å². The van der Waals surface area contributed by atoms with Crippen LogP contribution in [-0.2, 0) is 10.1 Å². The van der Waals surface area contributed by atoms with Crippen LogP contribution in [0.1, 0.15) is 0 Å². The lowest BCUT2D eigenvalue weighted by molar-refractivity contribution is -0.366. The van der Waals surface area contributed by atoms with E-state index in [1.807, 2.05) is 0 Å². The standard InChI is InChI=1S/C12H5F11O4S/c13-7(8(14)10(17,18)19)9(15,16)11(20,21)12(22,23)27-5-1-3-6(4-2-5)28(24,25)26/h1-4H,(H,24,25,26)/b8-7+. The molecule has 0 amide bonds. The van der Waals surface area contributed by atoms with Crippen LogP contribution in [0.3, 0.4) is 0 Å². The van der Waals surface area contributed by atoms with Crippen LogP contribution in [0.2, 0.25) is 0 Å². The average molecular weight is 454 g/mol. The molecule has 0 heterocycles. The maximum absolute atomic E-state index is 13.4.